The molecule has 1 atom stereocenters. The third-order valence-electron chi connectivity index (χ3n) is 2.19. The smallest absolute Gasteiger partial charge is 0.0442 e. The number of halogens is 2. The molecular formula is C11H15Cl2N. The van der Waals surface area contributed by atoms with Crippen LogP contribution in [0, 0.1) is 0 Å². The average molecular weight is 232 g/mol. The fourth-order valence-electron chi connectivity index (χ4n) is 1.36. The summed E-state index contributed by atoms with van der Waals surface area (Å²) in [7, 11) is 0. The molecule has 14 heavy (non-hydrogen) atoms. The van der Waals surface area contributed by atoms with Crippen LogP contribution in [0.15, 0.2) is 18.2 Å². The molecule has 1 unspecified atom stereocenters. The highest BCUT2D eigenvalue weighted by Gasteiger charge is 2.09. The van der Waals surface area contributed by atoms with Crippen molar-refractivity contribution in [2.24, 2.45) is 0 Å². The zero-order chi connectivity index (χ0) is 10.6. The minimum Gasteiger partial charge on any atom is -0.316 e. The Kier molecular flexibility index (Phi) is 4.73. The fraction of sp³-hybridized carbons (Fsp3) is 0.455. The molecule has 0 aromatic heterocycles. The second-order valence-corrected chi connectivity index (χ2v) is 4.22. The van der Waals surface area contributed by atoms with Crippen molar-refractivity contribution in [2.75, 3.05) is 13.1 Å². The third-order valence-corrected chi connectivity index (χ3v) is 2.77. The van der Waals surface area contributed by atoms with E-state index in [-0.39, 0.29) is 0 Å². The summed E-state index contributed by atoms with van der Waals surface area (Å²) >= 11 is 12.0. The molecule has 0 radical (unpaired) electrons. The van der Waals surface area contributed by atoms with Crippen LogP contribution in [0.4, 0.5) is 0 Å². The predicted molar refractivity (Wildman–Crippen MR) is 63.4 cm³/mol. The lowest BCUT2D eigenvalue weighted by Gasteiger charge is -2.14. The first kappa shape index (κ1) is 11.8. The number of rotatable bonds is 4. The van der Waals surface area contributed by atoms with E-state index in [1.54, 1.807) is 0 Å². The van der Waals surface area contributed by atoms with Gasteiger partial charge in [0.25, 0.3) is 0 Å². The van der Waals surface area contributed by atoms with Gasteiger partial charge in [0.2, 0.25) is 0 Å². The van der Waals surface area contributed by atoms with E-state index in [2.05, 4.69) is 19.2 Å². The number of likely N-dealkylation sites (N-methyl/N-ethyl adjacent to an activating group) is 1. The summed E-state index contributed by atoms with van der Waals surface area (Å²) in [5.41, 5.74) is 1.11. The topological polar surface area (TPSA) is 12.0 Å². The lowest BCUT2D eigenvalue weighted by atomic mass is 10.0. The summed E-state index contributed by atoms with van der Waals surface area (Å²) in [6.45, 7) is 6.13. The van der Waals surface area contributed by atoms with Gasteiger partial charge < -0.3 is 5.32 Å². The molecule has 1 nitrogen and oxygen atoms in total. The van der Waals surface area contributed by atoms with Crippen molar-refractivity contribution >= 4 is 23.2 Å². The van der Waals surface area contributed by atoms with E-state index in [9.17, 15) is 0 Å². The molecule has 0 amide bonds. The van der Waals surface area contributed by atoms with Crippen molar-refractivity contribution in [1.82, 2.24) is 5.32 Å². The number of nitrogens with one attached hydrogen (secondary N) is 1. The Morgan fingerprint density at radius 3 is 2.71 bits per heavy atom. The second-order valence-electron chi connectivity index (χ2n) is 3.37. The molecule has 78 valence electrons. The van der Waals surface area contributed by atoms with Gasteiger partial charge in [-0.2, -0.15) is 0 Å². The van der Waals surface area contributed by atoms with Gasteiger partial charge in [0.1, 0.15) is 0 Å². The maximum Gasteiger partial charge on any atom is 0.0442 e. The van der Waals surface area contributed by atoms with Gasteiger partial charge in [-0.1, -0.05) is 37.0 Å². The first-order valence-corrected chi connectivity index (χ1v) is 5.56. The summed E-state index contributed by atoms with van der Waals surface area (Å²) in [4.78, 5) is 0. The Morgan fingerprint density at radius 2 is 2.07 bits per heavy atom. The number of benzene rings is 1. The molecule has 0 bridgehead atoms. The van der Waals surface area contributed by atoms with Crippen molar-refractivity contribution in [3.05, 3.63) is 33.8 Å². The van der Waals surface area contributed by atoms with Crippen molar-refractivity contribution in [2.45, 2.75) is 19.8 Å². The molecule has 0 saturated carbocycles. The summed E-state index contributed by atoms with van der Waals surface area (Å²) in [6, 6.07) is 5.60. The largest absolute Gasteiger partial charge is 0.316 e. The predicted octanol–water partition coefficient (Wildman–Crippen LogP) is 3.71. The highest BCUT2D eigenvalue weighted by molar-refractivity contribution is 6.33. The fourth-order valence-corrected chi connectivity index (χ4v) is 1.85. The highest BCUT2D eigenvalue weighted by atomic mass is 35.5. The van der Waals surface area contributed by atoms with Crippen LogP contribution in [0.25, 0.3) is 0 Å². The third kappa shape index (κ3) is 3.16. The van der Waals surface area contributed by atoms with E-state index < -0.39 is 0 Å². The molecule has 1 N–H and O–H groups in total. The molecule has 1 aromatic carbocycles. The Bertz CT molecular complexity index is 299. The van der Waals surface area contributed by atoms with E-state index in [1.807, 2.05) is 18.2 Å². The summed E-state index contributed by atoms with van der Waals surface area (Å²) < 4.78 is 0. The maximum absolute atomic E-state index is 6.08. The molecule has 1 rings (SSSR count). The van der Waals surface area contributed by atoms with Crippen LogP contribution in [0.1, 0.15) is 25.3 Å². The molecule has 0 fully saturated rings. The van der Waals surface area contributed by atoms with Gasteiger partial charge in [0.15, 0.2) is 0 Å². The molecule has 1 aromatic rings. The maximum atomic E-state index is 6.08. The molecule has 0 aliphatic carbocycles. The van der Waals surface area contributed by atoms with Crippen LogP contribution in [0.5, 0.6) is 0 Å². The standard InChI is InChI=1S/C11H15Cl2N/c1-3-14-7-8(2)10-6-9(12)4-5-11(10)13/h4-6,8,14H,3,7H2,1-2H3. The molecule has 3 heteroatoms. The Balaban J connectivity index is 2.77. The van der Waals surface area contributed by atoms with E-state index in [0.717, 1.165) is 28.7 Å². The monoisotopic (exact) mass is 231 g/mol. The van der Waals surface area contributed by atoms with Crippen LogP contribution in [0.2, 0.25) is 10.0 Å². The normalized spacial score (nSPS) is 12.9. The van der Waals surface area contributed by atoms with E-state index in [0.29, 0.717) is 5.92 Å². The van der Waals surface area contributed by atoms with Crippen LogP contribution in [0.3, 0.4) is 0 Å². The first-order chi connectivity index (χ1) is 6.65. The van der Waals surface area contributed by atoms with Gasteiger partial charge >= 0.3 is 0 Å². The summed E-state index contributed by atoms with van der Waals surface area (Å²) in [5, 5.41) is 4.83. The lowest BCUT2D eigenvalue weighted by Crippen LogP contribution is -2.19. The highest BCUT2D eigenvalue weighted by Crippen LogP contribution is 2.26. The first-order valence-electron chi connectivity index (χ1n) is 4.80. The molecular weight excluding hydrogens is 217 g/mol. The van der Waals surface area contributed by atoms with Crippen molar-refractivity contribution < 1.29 is 0 Å². The van der Waals surface area contributed by atoms with Crippen LogP contribution < -0.4 is 5.32 Å². The van der Waals surface area contributed by atoms with Crippen molar-refractivity contribution in [3.63, 3.8) is 0 Å². The number of hydrogen-bond acceptors (Lipinski definition) is 1. The van der Waals surface area contributed by atoms with E-state index in [1.165, 1.54) is 0 Å². The van der Waals surface area contributed by atoms with Gasteiger partial charge in [0.05, 0.1) is 0 Å². The van der Waals surface area contributed by atoms with Crippen LogP contribution >= 0.6 is 23.2 Å². The molecule has 0 aliphatic rings. The zero-order valence-corrected chi connectivity index (χ0v) is 9.99. The van der Waals surface area contributed by atoms with Gasteiger partial charge in [-0.3, -0.25) is 0 Å². The van der Waals surface area contributed by atoms with Gasteiger partial charge in [-0.15, -0.1) is 0 Å². The summed E-state index contributed by atoms with van der Waals surface area (Å²) in [6.07, 6.45) is 0. The number of hydrogen-bond donors (Lipinski definition) is 1. The van der Waals surface area contributed by atoms with Crippen molar-refractivity contribution in [3.8, 4) is 0 Å². The Morgan fingerprint density at radius 1 is 1.36 bits per heavy atom. The van der Waals surface area contributed by atoms with Crippen LogP contribution in [-0.2, 0) is 0 Å². The van der Waals surface area contributed by atoms with Crippen LogP contribution in [-0.4, -0.2) is 13.1 Å². The second kappa shape index (κ2) is 5.59. The van der Waals surface area contributed by atoms with E-state index >= 15 is 0 Å². The van der Waals surface area contributed by atoms with Crippen molar-refractivity contribution in [1.29, 1.82) is 0 Å². The van der Waals surface area contributed by atoms with Gasteiger partial charge in [-0.05, 0) is 36.2 Å². The SMILES string of the molecule is CCNCC(C)c1cc(Cl)ccc1Cl. The molecule has 0 spiro atoms. The average Bonchev–Trinajstić information content (AvgIpc) is 2.18. The molecule has 0 aliphatic heterocycles. The zero-order valence-electron chi connectivity index (χ0n) is 8.48. The Hall–Kier alpha value is -0.240. The molecule has 0 saturated heterocycles. The lowest BCUT2D eigenvalue weighted by molar-refractivity contribution is 0.635. The summed E-state index contributed by atoms with van der Waals surface area (Å²) in [5.74, 6) is 0.390. The molecule has 0 heterocycles. The minimum absolute atomic E-state index is 0.390. The van der Waals surface area contributed by atoms with Gasteiger partial charge in [-0.25, -0.2) is 0 Å². The minimum atomic E-state index is 0.390. The Labute approximate surface area is 95.4 Å². The quantitative estimate of drug-likeness (QED) is 0.834. The van der Waals surface area contributed by atoms with E-state index in [4.69, 9.17) is 23.2 Å². The van der Waals surface area contributed by atoms with Gasteiger partial charge in [0, 0.05) is 16.6 Å².